The number of hydrogen-bond acceptors (Lipinski definition) is 4. The van der Waals surface area contributed by atoms with E-state index in [2.05, 4.69) is 120 Å². The van der Waals surface area contributed by atoms with Gasteiger partial charge >= 0.3 is 0 Å². The van der Waals surface area contributed by atoms with Crippen molar-refractivity contribution in [2.45, 2.75) is 13.8 Å². The molecule has 4 aromatic carbocycles. The van der Waals surface area contributed by atoms with E-state index in [1.165, 1.54) is 11.1 Å². The molecule has 6 rings (SSSR count). The van der Waals surface area contributed by atoms with Crippen LogP contribution in [0.5, 0.6) is 0 Å². The van der Waals surface area contributed by atoms with Crippen molar-refractivity contribution in [2.24, 2.45) is 9.98 Å². The van der Waals surface area contributed by atoms with Crippen molar-refractivity contribution in [1.29, 1.82) is 0 Å². The summed E-state index contributed by atoms with van der Waals surface area (Å²) >= 11 is 0. The maximum Gasteiger partial charge on any atom is 0.222 e. The Morgan fingerprint density at radius 2 is 0.882 bits per heavy atom. The molecule has 0 bridgehead atoms. The lowest BCUT2D eigenvalue weighted by atomic mass is 10.2. The molecular weight excluding hydrogens is 436 g/mol. The molecule has 0 saturated heterocycles. The summed E-state index contributed by atoms with van der Waals surface area (Å²) in [5.74, 6) is 1.85. The first-order valence-corrected chi connectivity index (χ1v) is 12.5. The van der Waals surface area contributed by atoms with Gasteiger partial charge in [-0.1, -0.05) is 96.1 Å². The van der Waals surface area contributed by atoms with Gasteiger partial charge in [-0.05, 0) is 38.1 Å². The second-order valence-electron chi connectivity index (χ2n) is 8.41. The number of aryl methyl sites for hydroxylation is 2. The van der Waals surface area contributed by atoms with Crippen molar-refractivity contribution in [3.63, 3.8) is 0 Å². The Labute approximate surface area is 202 Å². The number of benzene rings is 4. The lowest BCUT2D eigenvalue weighted by Gasteiger charge is -2.32. The Morgan fingerprint density at radius 1 is 0.500 bits per heavy atom. The zero-order chi connectivity index (χ0) is 23.1. The highest BCUT2D eigenvalue weighted by Gasteiger charge is 2.39. The molecule has 0 radical (unpaired) electrons. The molecule has 0 aromatic heterocycles. The van der Waals surface area contributed by atoms with E-state index in [0.717, 1.165) is 39.3 Å². The van der Waals surface area contributed by atoms with Crippen LogP contribution in [0.3, 0.4) is 0 Å². The average molecular weight is 461 g/mol. The summed E-state index contributed by atoms with van der Waals surface area (Å²) in [6.45, 7) is 4.23. The third-order valence-electron chi connectivity index (χ3n) is 5.90. The van der Waals surface area contributed by atoms with E-state index >= 15 is 0 Å². The predicted octanol–water partition coefficient (Wildman–Crippen LogP) is 6.72. The largest absolute Gasteiger partial charge is 0.253 e. The fourth-order valence-electron chi connectivity index (χ4n) is 4.13. The van der Waals surface area contributed by atoms with Gasteiger partial charge in [0.15, 0.2) is 11.7 Å². The summed E-state index contributed by atoms with van der Waals surface area (Å²) < 4.78 is 4.67. The lowest BCUT2D eigenvalue weighted by molar-refractivity contribution is 1.38. The predicted molar refractivity (Wildman–Crippen MR) is 146 cm³/mol. The summed E-state index contributed by atoms with van der Waals surface area (Å²) in [6, 6.07) is 38.1. The topological polar surface area (TPSA) is 31.2 Å². The minimum Gasteiger partial charge on any atom is -0.253 e. The van der Waals surface area contributed by atoms with Gasteiger partial charge in [0.1, 0.15) is 0 Å². The number of amidine groups is 2. The Morgan fingerprint density at radius 3 is 1.26 bits per heavy atom. The van der Waals surface area contributed by atoms with Gasteiger partial charge in [0.25, 0.3) is 0 Å². The minimum atomic E-state index is -0.544. The van der Waals surface area contributed by atoms with Crippen LogP contribution in [0.2, 0.25) is 0 Å². The van der Waals surface area contributed by atoms with Crippen LogP contribution >= 0.6 is 10.9 Å². The lowest BCUT2D eigenvalue weighted by Crippen LogP contribution is -2.33. The molecule has 4 nitrogen and oxygen atoms in total. The molecule has 0 atom stereocenters. The van der Waals surface area contributed by atoms with Gasteiger partial charge in [-0.25, -0.2) is 9.98 Å². The molecule has 0 amide bonds. The molecule has 0 unspecified atom stereocenters. The monoisotopic (exact) mass is 460 g/mol. The SMILES string of the molecule is Cc1ccc(N2C(c3ccccc3)=NC3=S2N(c2ccc(C)cc2)C(c2ccccc2)=N3)cc1. The second kappa shape index (κ2) is 8.43. The van der Waals surface area contributed by atoms with E-state index in [-0.39, 0.29) is 0 Å². The summed E-state index contributed by atoms with van der Waals surface area (Å²) in [4.78, 5) is 10.2. The van der Waals surface area contributed by atoms with Gasteiger partial charge in [-0.2, -0.15) is 0 Å². The fourth-order valence-corrected chi connectivity index (χ4v) is 6.22. The van der Waals surface area contributed by atoms with Crippen LogP contribution in [0.1, 0.15) is 22.3 Å². The molecule has 2 aliphatic heterocycles. The molecule has 2 aliphatic rings. The number of anilines is 2. The van der Waals surface area contributed by atoms with Crippen molar-refractivity contribution >= 4 is 39.0 Å². The number of hydrogen-bond donors (Lipinski definition) is 0. The van der Waals surface area contributed by atoms with E-state index in [1.807, 2.05) is 12.1 Å². The first kappa shape index (κ1) is 20.6. The molecule has 0 N–H and O–H groups in total. The highest BCUT2D eigenvalue weighted by atomic mass is 32.2. The van der Waals surface area contributed by atoms with Crippen LogP contribution in [0.15, 0.2) is 119 Å². The highest BCUT2D eigenvalue weighted by Crippen LogP contribution is 2.45. The highest BCUT2D eigenvalue weighted by molar-refractivity contribution is 8.20. The molecule has 0 fully saturated rings. The van der Waals surface area contributed by atoms with Gasteiger partial charge in [-0.15, -0.1) is 0 Å². The molecule has 166 valence electrons. The summed E-state index contributed by atoms with van der Waals surface area (Å²) in [5.41, 5.74) is 6.84. The standard InChI is InChI=1S/C29H24N4S/c1-21-13-17-25(18-14-21)32-27(23-9-5-3-6-10-23)30-29-31-28(24-11-7-4-8-12-24)33(34(29)32)26-19-15-22(2)16-20-26/h3-20H,1-2H3. The summed E-state index contributed by atoms with van der Waals surface area (Å²) in [6.07, 6.45) is 0. The van der Waals surface area contributed by atoms with Crippen molar-refractivity contribution < 1.29 is 0 Å². The van der Waals surface area contributed by atoms with E-state index < -0.39 is 10.9 Å². The smallest absolute Gasteiger partial charge is 0.222 e. The Bertz CT molecular complexity index is 1330. The second-order valence-corrected chi connectivity index (χ2v) is 10.0. The third kappa shape index (κ3) is 3.55. The average Bonchev–Trinajstić information content (AvgIpc) is 3.43. The molecule has 0 aliphatic carbocycles. The first-order valence-electron chi connectivity index (χ1n) is 11.3. The molecule has 2 heterocycles. The first-order chi connectivity index (χ1) is 16.7. The summed E-state index contributed by atoms with van der Waals surface area (Å²) in [7, 11) is -0.544. The molecular formula is C29H24N4S. The van der Waals surface area contributed by atoms with Crippen molar-refractivity contribution in [3.05, 3.63) is 131 Å². The quantitative estimate of drug-likeness (QED) is 0.316. The number of aliphatic imine (C=N–C) groups is 2. The zero-order valence-corrected chi connectivity index (χ0v) is 19.9. The van der Waals surface area contributed by atoms with Gasteiger partial charge in [0.2, 0.25) is 5.11 Å². The van der Waals surface area contributed by atoms with Crippen LogP contribution in [0.25, 0.3) is 0 Å². The maximum absolute atomic E-state index is 5.11. The maximum atomic E-state index is 5.11. The Kier molecular flexibility index (Phi) is 5.12. The van der Waals surface area contributed by atoms with Crippen LogP contribution in [-0.2, 0) is 0 Å². The van der Waals surface area contributed by atoms with Crippen LogP contribution < -0.4 is 8.61 Å². The van der Waals surface area contributed by atoms with Crippen molar-refractivity contribution in [2.75, 3.05) is 8.61 Å². The van der Waals surface area contributed by atoms with Gasteiger partial charge in [-0.3, -0.25) is 8.61 Å². The molecule has 4 aromatic rings. The fraction of sp³-hybridized carbons (Fsp3) is 0.0690. The molecule has 5 heteroatoms. The Hall–Kier alpha value is -3.96. The zero-order valence-electron chi connectivity index (χ0n) is 19.1. The van der Waals surface area contributed by atoms with Crippen molar-refractivity contribution in [3.8, 4) is 0 Å². The van der Waals surface area contributed by atoms with Crippen LogP contribution in [-0.4, -0.2) is 16.8 Å². The normalized spacial score (nSPS) is 15.4. The molecule has 34 heavy (non-hydrogen) atoms. The van der Waals surface area contributed by atoms with E-state index in [0.29, 0.717) is 0 Å². The minimum absolute atomic E-state index is 0.544. The van der Waals surface area contributed by atoms with Crippen LogP contribution in [0, 0.1) is 13.8 Å². The van der Waals surface area contributed by atoms with Crippen LogP contribution in [0.4, 0.5) is 11.4 Å². The number of rotatable bonds is 4. The third-order valence-corrected chi connectivity index (χ3v) is 7.87. The van der Waals surface area contributed by atoms with E-state index in [1.54, 1.807) is 0 Å². The molecule has 0 saturated carbocycles. The van der Waals surface area contributed by atoms with E-state index in [9.17, 15) is 0 Å². The molecule has 0 spiro atoms. The van der Waals surface area contributed by atoms with E-state index in [4.69, 9.17) is 9.98 Å². The van der Waals surface area contributed by atoms with Crippen molar-refractivity contribution in [1.82, 2.24) is 0 Å². The van der Waals surface area contributed by atoms with Gasteiger partial charge < -0.3 is 0 Å². The Balaban J connectivity index is 1.55. The number of nitrogens with zero attached hydrogens (tertiary/aromatic N) is 4. The summed E-state index contributed by atoms with van der Waals surface area (Å²) in [5, 5.41) is 0.832. The van der Waals surface area contributed by atoms with Gasteiger partial charge in [0, 0.05) is 11.1 Å². The van der Waals surface area contributed by atoms with Gasteiger partial charge in [0.05, 0.1) is 22.2 Å².